The Morgan fingerprint density at radius 2 is 2.03 bits per heavy atom. The highest BCUT2D eigenvalue weighted by Gasteiger charge is 2.36. The first-order chi connectivity index (χ1) is 14.7. The zero-order valence-electron chi connectivity index (χ0n) is 16.3. The third-order valence-electron chi connectivity index (χ3n) is 4.16. The van der Waals surface area contributed by atoms with Crippen LogP contribution in [0.15, 0.2) is 41.3 Å². The highest BCUT2D eigenvalue weighted by atomic mass is 35.5. The molecule has 160 valence electrons. The molecule has 2 aromatic rings. The Balaban J connectivity index is 1.96. The van der Waals surface area contributed by atoms with E-state index in [-0.39, 0.29) is 28.5 Å². The van der Waals surface area contributed by atoms with Crippen molar-refractivity contribution in [2.24, 2.45) is 0 Å². The van der Waals surface area contributed by atoms with Gasteiger partial charge in [0.15, 0.2) is 0 Å². The number of thioether (sulfide) groups is 1. The number of nitro benzene ring substituents is 1. The molecule has 31 heavy (non-hydrogen) atoms. The van der Waals surface area contributed by atoms with Gasteiger partial charge in [0.1, 0.15) is 0 Å². The summed E-state index contributed by atoms with van der Waals surface area (Å²) < 4.78 is 10.0. The highest BCUT2D eigenvalue weighted by molar-refractivity contribution is 8.18. The Morgan fingerprint density at radius 1 is 1.29 bits per heavy atom. The number of imide groups is 1. The summed E-state index contributed by atoms with van der Waals surface area (Å²) in [6, 6.07) is 9.39. The van der Waals surface area contributed by atoms with E-state index in [0.717, 1.165) is 11.8 Å². The van der Waals surface area contributed by atoms with Gasteiger partial charge in [-0.1, -0.05) is 23.7 Å². The van der Waals surface area contributed by atoms with Crippen molar-refractivity contribution in [2.45, 2.75) is 13.5 Å². The summed E-state index contributed by atoms with van der Waals surface area (Å²) in [4.78, 5) is 48.3. The number of halogens is 1. The van der Waals surface area contributed by atoms with Crippen LogP contribution < -0.4 is 9.47 Å². The number of carbonyl (C=O) groups is 3. The number of hydrogen-bond donors (Lipinski definition) is 0. The largest absolute Gasteiger partial charge is 0.490 e. The minimum atomic E-state index is -0.751. The fourth-order valence-corrected chi connectivity index (χ4v) is 3.94. The Bertz CT molecular complexity index is 1130. The maximum absolute atomic E-state index is 12.8. The van der Waals surface area contributed by atoms with Gasteiger partial charge >= 0.3 is 11.7 Å². The van der Waals surface area contributed by atoms with Gasteiger partial charge in [-0.05, 0) is 47.7 Å². The second-order valence-corrected chi connectivity index (χ2v) is 7.71. The van der Waals surface area contributed by atoms with Crippen LogP contribution in [0.2, 0.25) is 5.02 Å². The van der Waals surface area contributed by atoms with E-state index in [2.05, 4.69) is 0 Å². The number of nitro groups is 1. The summed E-state index contributed by atoms with van der Waals surface area (Å²) >= 11 is 6.65. The van der Waals surface area contributed by atoms with Crippen LogP contribution in [0.25, 0.3) is 6.08 Å². The molecule has 0 spiro atoms. The molecule has 0 N–H and O–H groups in total. The minimum Gasteiger partial charge on any atom is -0.490 e. The van der Waals surface area contributed by atoms with E-state index in [0.29, 0.717) is 22.3 Å². The molecule has 0 aromatic heterocycles. The molecule has 1 heterocycles. The van der Waals surface area contributed by atoms with Gasteiger partial charge in [0.2, 0.25) is 11.5 Å². The second kappa shape index (κ2) is 9.19. The van der Waals surface area contributed by atoms with Crippen LogP contribution in [0.5, 0.6) is 11.5 Å². The lowest BCUT2D eigenvalue weighted by atomic mass is 10.1. The van der Waals surface area contributed by atoms with Crippen LogP contribution in [0.3, 0.4) is 0 Å². The van der Waals surface area contributed by atoms with E-state index < -0.39 is 27.7 Å². The van der Waals surface area contributed by atoms with Crippen molar-refractivity contribution in [3.05, 3.63) is 67.6 Å². The molecule has 2 aromatic carbocycles. The number of ether oxygens (including phenoxy) is 2. The fraction of sp³-hybridized carbons (Fsp3) is 0.150. The van der Waals surface area contributed by atoms with Crippen molar-refractivity contribution in [3.8, 4) is 11.5 Å². The lowest BCUT2D eigenvalue weighted by Crippen LogP contribution is -2.27. The Morgan fingerprint density at radius 3 is 2.65 bits per heavy atom. The summed E-state index contributed by atoms with van der Waals surface area (Å²) in [5, 5.41) is 11.5. The molecule has 2 amide bonds. The second-order valence-electron chi connectivity index (χ2n) is 6.28. The van der Waals surface area contributed by atoms with Gasteiger partial charge in [-0.25, -0.2) is 0 Å². The van der Waals surface area contributed by atoms with Crippen molar-refractivity contribution in [2.75, 3.05) is 7.11 Å². The molecule has 3 rings (SSSR count). The SMILES string of the molecule is COc1c(/C=C2\SC(=O)N(Cc3cccc(Cl)c3)C2=O)ccc(OC(C)=O)c1[N+](=O)[O-]. The molecule has 1 aliphatic heterocycles. The van der Waals surface area contributed by atoms with E-state index in [1.54, 1.807) is 24.3 Å². The summed E-state index contributed by atoms with van der Waals surface area (Å²) in [7, 11) is 1.21. The first kappa shape index (κ1) is 22.3. The third-order valence-corrected chi connectivity index (χ3v) is 5.30. The molecule has 9 nitrogen and oxygen atoms in total. The van der Waals surface area contributed by atoms with Crippen LogP contribution >= 0.6 is 23.4 Å². The molecular weight excluding hydrogens is 448 g/mol. The topological polar surface area (TPSA) is 116 Å². The monoisotopic (exact) mass is 462 g/mol. The molecule has 0 atom stereocenters. The van der Waals surface area contributed by atoms with Gasteiger partial charge in [0, 0.05) is 17.5 Å². The lowest BCUT2D eigenvalue weighted by molar-refractivity contribution is -0.386. The number of rotatable bonds is 6. The fourth-order valence-electron chi connectivity index (χ4n) is 2.90. The Kier molecular flexibility index (Phi) is 6.62. The van der Waals surface area contributed by atoms with E-state index in [4.69, 9.17) is 21.1 Å². The number of amides is 2. The molecule has 0 radical (unpaired) electrons. The van der Waals surface area contributed by atoms with Crippen molar-refractivity contribution in [1.29, 1.82) is 0 Å². The van der Waals surface area contributed by atoms with E-state index in [1.807, 2.05) is 0 Å². The number of hydrogen-bond acceptors (Lipinski definition) is 8. The van der Waals surface area contributed by atoms with E-state index >= 15 is 0 Å². The molecular formula is C20H15ClN2O7S. The highest BCUT2D eigenvalue weighted by Crippen LogP contribution is 2.42. The van der Waals surface area contributed by atoms with Crippen LogP contribution in [0.1, 0.15) is 18.1 Å². The summed E-state index contributed by atoms with van der Waals surface area (Å²) in [6.45, 7) is 1.14. The molecule has 0 aliphatic carbocycles. The zero-order chi connectivity index (χ0) is 22.7. The summed E-state index contributed by atoms with van der Waals surface area (Å²) in [5.41, 5.74) is 0.290. The minimum absolute atomic E-state index is 0.0330. The average Bonchev–Trinajstić information content (AvgIpc) is 2.95. The standard InChI is InChI=1S/C20H15ClN2O7S/c1-11(24)30-15-7-6-13(18(29-2)17(15)23(27)28)9-16-19(25)22(20(26)31-16)10-12-4-3-5-14(21)8-12/h3-9H,10H2,1-2H3/b16-9-. The van der Waals surface area contributed by atoms with Crippen molar-refractivity contribution in [1.82, 2.24) is 4.90 Å². The van der Waals surface area contributed by atoms with Crippen molar-refractivity contribution < 1.29 is 28.8 Å². The predicted molar refractivity (Wildman–Crippen MR) is 114 cm³/mol. The zero-order valence-corrected chi connectivity index (χ0v) is 17.9. The van der Waals surface area contributed by atoms with Crippen LogP contribution in [0, 0.1) is 10.1 Å². The quantitative estimate of drug-likeness (QED) is 0.203. The molecule has 11 heteroatoms. The molecule has 1 aliphatic rings. The van der Waals surface area contributed by atoms with Crippen LogP contribution in [-0.4, -0.2) is 34.0 Å². The number of nitrogens with zero attached hydrogens (tertiary/aromatic N) is 2. The predicted octanol–water partition coefficient (Wildman–Crippen LogP) is 4.42. The van der Waals surface area contributed by atoms with Gasteiger partial charge in [0.05, 0.1) is 23.5 Å². The molecule has 1 fully saturated rings. The Labute approximate surface area is 185 Å². The molecule has 0 saturated carbocycles. The average molecular weight is 463 g/mol. The Hall–Kier alpha value is -3.37. The van der Waals surface area contributed by atoms with Gasteiger partial charge < -0.3 is 9.47 Å². The smallest absolute Gasteiger partial charge is 0.353 e. The van der Waals surface area contributed by atoms with Crippen molar-refractivity contribution >= 4 is 52.2 Å². The lowest BCUT2D eigenvalue weighted by Gasteiger charge is -2.12. The summed E-state index contributed by atoms with van der Waals surface area (Å²) in [6.07, 6.45) is 1.33. The number of methoxy groups -OCH3 is 1. The van der Waals surface area contributed by atoms with Gasteiger partial charge in [0.25, 0.3) is 11.1 Å². The first-order valence-electron chi connectivity index (χ1n) is 8.75. The van der Waals surface area contributed by atoms with Crippen LogP contribution in [-0.2, 0) is 16.1 Å². The van der Waals surface area contributed by atoms with Gasteiger partial charge in [-0.2, -0.15) is 0 Å². The molecule has 0 unspecified atom stereocenters. The van der Waals surface area contributed by atoms with E-state index in [1.165, 1.54) is 25.3 Å². The third kappa shape index (κ3) is 4.86. The number of esters is 1. The normalized spacial score (nSPS) is 14.8. The number of benzene rings is 2. The maximum Gasteiger partial charge on any atom is 0.353 e. The number of carbonyl (C=O) groups excluding carboxylic acids is 3. The molecule has 0 bridgehead atoms. The molecule has 1 saturated heterocycles. The van der Waals surface area contributed by atoms with Gasteiger partial charge in [-0.15, -0.1) is 0 Å². The van der Waals surface area contributed by atoms with Crippen LogP contribution in [0.4, 0.5) is 10.5 Å². The van der Waals surface area contributed by atoms with Crippen molar-refractivity contribution in [3.63, 3.8) is 0 Å². The summed E-state index contributed by atoms with van der Waals surface area (Å²) in [5.74, 6) is -1.78. The first-order valence-corrected chi connectivity index (χ1v) is 9.94. The maximum atomic E-state index is 12.8. The van der Waals surface area contributed by atoms with E-state index in [9.17, 15) is 24.5 Å². The van der Waals surface area contributed by atoms with Gasteiger partial charge in [-0.3, -0.25) is 29.4 Å².